The fraction of sp³-hybridized carbons (Fsp3) is 0.185. The zero-order valence-electron chi connectivity index (χ0n) is 17.3. The normalized spacial score (nSPS) is 10.9. The third-order valence-electron chi connectivity index (χ3n) is 5.62. The highest BCUT2D eigenvalue weighted by Gasteiger charge is 2.10. The quantitative estimate of drug-likeness (QED) is 0.390. The molecular formula is C27H27NO. The Morgan fingerprint density at radius 2 is 1.52 bits per heavy atom. The average molecular weight is 382 g/mol. The molecule has 2 nitrogen and oxygen atoms in total. The molecule has 0 radical (unpaired) electrons. The van der Waals surface area contributed by atoms with Crippen LogP contribution in [0.3, 0.4) is 0 Å². The van der Waals surface area contributed by atoms with Gasteiger partial charge in [0, 0.05) is 17.8 Å². The molecule has 0 bridgehead atoms. The summed E-state index contributed by atoms with van der Waals surface area (Å²) in [5.74, 6) is 0.934. The first-order chi connectivity index (χ1) is 14.1. The van der Waals surface area contributed by atoms with Gasteiger partial charge >= 0.3 is 0 Å². The number of aryl methyl sites for hydroxylation is 3. The Hall–Kier alpha value is -3.26. The summed E-state index contributed by atoms with van der Waals surface area (Å²) < 4.78 is 6.30. The second-order valence-corrected chi connectivity index (χ2v) is 7.63. The molecule has 0 saturated carbocycles. The number of anilines is 1. The number of hydrogen-bond donors (Lipinski definition) is 1. The van der Waals surface area contributed by atoms with Crippen LogP contribution >= 0.6 is 0 Å². The van der Waals surface area contributed by atoms with E-state index in [0.717, 1.165) is 11.4 Å². The molecule has 4 aromatic rings. The summed E-state index contributed by atoms with van der Waals surface area (Å²) in [6.07, 6.45) is 0. The van der Waals surface area contributed by atoms with Gasteiger partial charge in [-0.15, -0.1) is 0 Å². The van der Waals surface area contributed by atoms with Crippen molar-refractivity contribution >= 4 is 16.5 Å². The van der Waals surface area contributed by atoms with Gasteiger partial charge < -0.3 is 10.1 Å². The van der Waals surface area contributed by atoms with Crippen molar-refractivity contribution in [3.05, 3.63) is 107 Å². The van der Waals surface area contributed by atoms with Gasteiger partial charge in [0.2, 0.25) is 0 Å². The number of benzene rings is 4. The zero-order valence-corrected chi connectivity index (χ0v) is 17.3. The fourth-order valence-corrected chi connectivity index (χ4v) is 3.60. The van der Waals surface area contributed by atoms with Crippen LogP contribution in [0.5, 0.6) is 5.75 Å². The first-order valence-corrected chi connectivity index (χ1v) is 10.1. The van der Waals surface area contributed by atoms with Crippen LogP contribution in [-0.4, -0.2) is 0 Å². The van der Waals surface area contributed by atoms with Crippen molar-refractivity contribution < 1.29 is 4.74 Å². The van der Waals surface area contributed by atoms with Crippen LogP contribution in [0.15, 0.2) is 78.9 Å². The van der Waals surface area contributed by atoms with Crippen molar-refractivity contribution in [2.24, 2.45) is 0 Å². The van der Waals surface area contributed by atoms with E-state index in [9.17, 15) is 0 Å². The molecule has 0 aliphatic rings. The Kier molecular flexibility index (Phi) is 5.53. The van der Waals surface area contributed by atoms with Gasteiger partial charge in [0.25, 0.3) is 0 Å². The lowest BCUT2D eigenvalue weighted by molar-refractivity contribution is 0.303. The lowest BCUT2D eigenvalue weighted by Gasteiger charge is -2.17. The summed E-state index contributed by atoms with van der Waals surface area (Å²) in [6.45, 7) is 7.70. The standard InChI is InChI=1S/C27H27NO/c1-19-12-14-24(16-21(19)3)28-17-26-25-11-7-6-9-22(25)13-15-27(26)29-18-23-10-5-4-8-20(23)2/h4-16,28H,17-18H2,1-3H3. The molecule has 0 aliphatic carbocycles. The maximum Gasteiger partial charge on any atom is 0.125 e. The lowest BCUT2D eigenvalue weighted by Crippen LogP contribution is -2.05. The molecule has 0 atom stereocenters. The third kappa shape index (κ3) is 4.27. The fourth-order valence-electron chi connectivity index (χ4n) is 3.60. The molecule has 0 aromatic heterocycles. The molecule has 4 aromatic carbocycles. The molecule has 0 spiro atoms. The van der Waals surface area contributed by atoms with E-state index in [1.807, 2.05) is 0 Å². The van der Waals surface area contributed by atoms with Crippen LogP contribution in [0, 0.1) is 20.8 Å². The summed E-state index contributed by atoms with van der Waals surface area (Å²) in [7, 11) is 0. The van der Waals surface area contributed by atoms with Gasteiger partial charge in [0.1, 0.15) is 12.4 Å². The molecule has 1 N–H and O–H groups in total. The first-order valence-electron chi connectivity index (χ1n) is 10.1. The smallest absolute Gasteiger partial charge is 0.125 e. The van der Waals surface area contributed by atoms with Crippen LogP contribution in [-0.2, 0) is 13.2 Å². The number of rotatable bonds is 6. The Balaban J connectivity index is 1.63. The van der Waals surface area contributed by atoms with E-state index in [4.69, 9.17) is 4.74 Å². The highest BCUT2D eigenvalue weighted by Crippen LogP contribution is 2.30. The molecule has 2 heteroatoms. The molecule has 29 heavy (non-hydrogen) atoms. The zero-order chi connectivity index (χ0) is 20.2. The van der Waals surface area contributed by atoms with Crippen molar-refractivity contribution in [2.75, 3.05) is 5.32 Å². The average Bonchev–Trinajstić information content (AvgIpc) is 2.74. The van der Waals surface area contributed by atoms with E-state index < -0.39 is 0 Å². The second kappa shape index (κ2) is 8.40. The van der Waals surface area contributed by atoms with Crippen molar-refractivity contribution in [3.8, 4) is 5.75 Å². The van der Waals surface area contributed by atoms with Crippen LogP contribution in [0.2, 0.25) is 0 Å². The highest BCUT2D eigenvalue weighted by molar-refractivity contribution is 5.88. The molecule has 0 aliphatic heterocycles. The van der Waals surface area contributed by atoms with E-state index in [0.29, 0.717) is 13.2 Å². The summed E-state index contributed by atoms with van der Waals surface area (Å²) >= 11 is 0. The Morgan fingerprint density at radius 1 is 0.724 bits per heavy atom. The number of ether oxygens (including phenoxy) is 1. The molecule has 0 saturated heterocycles. The summed E-state index contributed by atoms with van der Waals surface area (Å²) in [5.41, 5.74) is 7.39. The number of nitrogens with one attached hydrogen (secondary N) is 1. The SMILES string of the molecule is Cc1ccc(NCc2c(OCc3ccccc3C)ccc3ccccc23)cc1C. The van der Waals surface area contributed by atoms with Crippen molar-refractivity contribution in [2.45, 2.75) is 33.9 Å². The molecular weight excluding hydrogens is 354 g/mol. The maximum absolute atomic E-state index is 6.30. The topological polar surface area (TPSA) is 21.3 Å². The van der Waals surface area contributed by atoms with Crippen LogP contribution in [0.25, 0.3) is 10.8 Å². The second-order valence-electron chi connectivity index (χ2n) is 7.63. The van der Waals surface area contributed by atoms with Gasteiger partial charge in [-0.25, -0.2) is 0 Å². The van der Waals surface area contributed by atoms with E-state index in [-0.39, 0.29) is 0 Å². The van der Waals surface area contributed by atoms with Gasteiger partial charge in [-0.05, 0) is 72.0 Å². The van der Waals surface area contributed by atoms with Crippen LogP contribution in [0.1, 0.15) is 27.8 Å². The Bertz CT molecular complexity index is 1150. The van der Waals surface area contributed by atoms with Crippen molar-refractivity contribution in [3.63, 3.8) is 0 Å². The van der Waals surface area contributed by atoms with Gasteiger partial charge in [-0.3, -0.25) is 0 Å². The largest absolute Gasteiger partial charge is 0.489 e. The molecule has 0 heterocycles. The van der Waals surface area contributed by atoms with Crippen molar-refractivity contribution in [1.82, 2.24) is 0 Å². The van der Waals surface area contributed by atoms with Crippen LogP contribution < -0.4 is 10.1 Å². The molecule has 0 unspecified atom stereocenters. The van der Waals surface area contributed by atoms with Gasteiger partial charge in [-0.1, -0.05) is 60.7 Å². The van der Waals surface area contributed by atoms with Gasteiger partial charge in [0.05, 0.1) is 0 Å². The van der Waals surface area contributed by atoms with Crippen molar-refractivity contribution in [1.29, 1.82) is 0 Å². The minimum Gasteiger partial charge on any atom is -0.489 e. The highest BCUT2D eigenvalue weighted by atomic mass is 16.5. The molecule has 4 rings (SSSR count). The Labute approximate surface area is 173 Å². The lowest BCUT2D eigenvalue weighted by atomic mass is 10.0. The van der Waals surface area contributed by atoms with E-state index in [1.165, 1.54) is 38.6 Å². The van der Waals surface area contributed by atoms with E-state index >= 15 is 0 Å². The number of hydrogen-bond acceptors (Lipinski definition) is 2. The molecule has 0 amide bonds. The van der Waals surface area contributed by atoms with E-state index in [2.05, 4.69) is 105 Å². The summed E-state index contributed by atoms with van der Waals surface area (Å²) in [4.78, 5) is 0. The predicted molar refractivity (Wildman–Crippen MR) is 123 cm³/mol. The molecule has 0 fully saturated rings. The molecule has 146 valence electrons. The minimum atomic E-state index is 0.571. The predicted octanol–water partition coefficient (Wildman–Crippen LogP) is 6.96. The van der Waals surface area contributed by atoms with E-state index in [1.54, 1.807) is 0 Å². The number of fused-ring (bicyclic) bond motifs is 1. The summed E-state index contributed by atoms with van der Waals surface area (Å²) in [5, 5.41) is 6.05. The minimum absolute atomic E-state index is 0.571. The van der Waals surface area contributed by atoms with Gasteiger partial charge in [-0.2, -0.15) is 0 Å². The van der Waals surface area contributed by atoms with Gasteiger partial charge in [0.15, 0.2) is 0 Å². The monoisotopic (exact) mass is 381 g/mol. The third-order valence-corrected chi connectivity index (χ3v) is 5.62. The maximum atomic E-state index is 6.30. The first kappa shape index (κ1) is 19.1. The Morgan fingerprint density at radius 3 is 2.34 bits per heavy atom. The van der Waals surface area contributed by atoms with Crippen LogP contribution in [0.4, 0.5) is 5.69 Å². The summed E-state index contributed by atoms with van der Waals surface area (Å²) in [6, 6.07) is 27.6.